The minimum absolute atomic E-state index is 0.152. The summed E-state index contributed by atoms with van der Waals surface area (Å²) in [6.45, 7) is 2.71. The van der Waals surface area contributed by atoms with Gasteiger partial charge in [0.2, 0.25) is 0 Å². The lowest BCUT2D eigenvalue weighted by Crippen LogP contribution is -2.50. The number of para-hydroxylation sites is 4. The van der Waals surface area contributed by atoms with Gasteiger partial charge in [-0.25, -0.2) is 4.98 Å². The molecule has 4 aromatic rings. The van der Waals surface area contributed by atoms with E-state index in [4.69, 9.17) is 4.74 Å². The van der Waals surface area contributed by atoms with Gasteiger partial charge in [-0.2, -0.15) is 0 Å². The van der Waals surface area contributed by atoms with Crippen molar-refractivity contribution in [2.24, 2.45) is 0 Å². The van der Waals surface area contributed by atoms with Gasteiger partial charge in [-0.05, 0) is 55.0 Å². The standard InChI is InChI=1S/C26H24N4O3/c1-2-15-27-25(31)24-16-29(22-9-5-6-10-23(22)33-24)26(32)18-11-13-19(14-12-18)30-17-28-20-7-3-4-8-21(20)30/h3-14,17,24H,2,15-16H2,1H3,(H,27,31)/t24-/m1/s1. The molecule has 0 radical (unpaired) electrons. The molecule has 166 valence electrons. The van der Waals surface area contributed by atoms with Crippen molar-refractivity contribution in [2.75, 3.05) is 18.0 Å². The van der Waals surface area contributed by atoms with Crippen molar-refractivity contribution in [3.63, 3.8) is 0 Å². The number of hydrogen-bond donors (Lipinski definition) is 1. The molecule has 5 rings (SSSR count). The lowest BCUT2D eigenvalue weighted by atomic mass is 10.1. The number of nitrogens with one attached hydrogen (secondary N) is 1. The number of benzene rings is 3. The van der Waals surface area contributed by atoms with Gasteiger partial charge in [0.15, 0.2) is 6.10 Å². The first-order chi connectivity index (χ1) is 16.2. The monoisotopic (exact) mass is 440 g/mol. The van der Waals surface area contributed by atoms with E-state index in [0.29, 0.717) is 23.5 Å². The summed E-state index contributed by atoms with van der Waals surface area (Å²) >= 11 is 0. The molecular formula is C26H24N4O3. The third kappa shape index (κ3) is 3.93. The number of fused-ring (bicyclic) bond motifs is 2. The lowest BCUT2D eigenvalue weighted by Gasteiger charge is -2.34. The zero-order valence-electron chi connectivity index (χ0n) is 18.3. The second-order valence-electron chi connectivity index (χ2n) is 7.93. The minimum Gasteiger partial charge on any atom is -0.477 e. The van der Waals surface area contributed by atoms with Gasteiger partial charge >= 0.3 is 0 Å². The Morgan fingerprint density at radius 1 is 1.03 bits per heavy atom. The summed E-state index contributed by atoms with van der Waals surface area (Å²) in [7, 11) is 0. The van der Waals surface area contributed by atoms with Crippen LogP contribution in [0.15, 0.2) is 79.1 Å². The minimum atomic E-state index is -0.757. The van der Waals surface area contributed by atoms with Crippen molar-refractivity contribution in [2.45, 2.75) is 19.4 Å². The molecule has 0 spiro atoms. The van der Waals surface area contributed by atoms with Crippen LogP contribution in [0.5, 0.6) is 5.75 Å². The second kappa shape index (κ2) is 8.78. The van der Waals surface area contributed by atoms with Gasteiger partial charge in [-0.1, -0.05) is 31.2 Å². The molecule has 1 aliphatic rings. The number of carbonyl (C=O) groups excluding carboxylic acids is 2. The average molecular weight is 441 g/mol. The van der Waals surface area contributed by atoms with Crippen LogP contribution in [0.3, 0.4) is 0 Å². The molecule has 7 nitrogen and oxygen atoms in total. The molecule has 3 aromatic carbocycles. The average Bonchev–Trinajstić information content (AvgIpc) is 3.30. The van der Waals surface area contributed by atoms with Crippen molar-refractivity contribution in [3.05, 3.63) is 84.7 Å². The van der Waals surface area contributed by atoms with E-state index in [9.17, 15) is 9.59 Å². The van der Waals surface area contributed by atoms with Gasteiger partial charge in [0.05, 0.1) is 23.3 Å². The number of rotatable bonds is 5. The number of anilines is 1. The summed E-state index contributed by atoms with van der Waals surface area (Å²) < 4.78 is 7.89. The highest BCUT2D eigenvalue weighted by Crippen LogP contribution is 2.34. The molecule has 1 N–H and O–H groups in total. The first kappa shape index (κ1) is 20.8. The Balaban J connectivity index is 1.42. The van der Waals surface area contributed by atoms with Crippen LogP contribution in [0, 0.1) is 0 Å². The number of amides is 2. The highest BCUT2D eigenvalue weighted by molar-refractivity contribution is 6.08. The Morgan fingerprint density at radius 3 is 2.61 bits per heavy atom. The maximum atomic E-state index is 13.5. The van der Waals surface area contributed by atoms with Crippen LogP contribution in [0.25, 0.3) is 16.7 Å². The Kier molecular flexibility index (Phi) is 5.52. The molecule has 0 aliphatic carbocycles. The van der Waals surface area contributed by atoms with Gasteiger partial charge in [0.25, 0.3) is 11.8 Å². The van der Waals surface area contributed by atoms with Crippen LogP contribution in [-0.2, 0) is 4.79 Å². The lowest BCUT2D eigenvalue weighted by molar-refractivity contribution is -0.127. The zero-order valence-corrected chi connectivity index (χ0v) is 18.3. The fourth-order valence-corrected chi connectivity index (χ4v) is 4.01. The number of aromatic nitrogens is 2. The smallest absolute Gasteiger partial charge is 0.262 e. The van der Waals surface area contributed by atoms with E-state index in [0.717, 1.165) is 23.1 Å². The highest BCUT2D eigenvalue weighted by Gasteiger charge is 2.34. The summed E-state index contributed by atoms with van der Waals surface area (Å²) in [6.07, 6.45) is 1.85. The van der Waals surface area contributed by atoms with Crippen LogP contribution in [0.1, 0.15) is 23.7 Å². The normalized spacial score (nSPS) is 15.1. The zero-order chi connectivity index (χ0) is 22.8. The SMILES string of the molecule is CCCNC(=O)[C@H]1CN(C(=O)c2ccc(-n3cnc4ccccc43)cc2)c2ccccc2O1. The van der Waals surface area contributed by atoms with Gasteiger partial charge in [0, 0.05) is 17.8 Å². The summed E-state index contributed by atoms with van der Waals surface area (Å²) in [6, 6.07) is 22.6. The van der Waals surface area contributed by atoms with Crippen LogP contribution in [-0.4, -0.2) is 40.6 Å². The molecule has 0 fully saturated rings. The summed E-state index contributed by atoms with van der Waals surface area (Å²) in [5.41, 5.74) is 4.02. The van der Waals surface area contributed by atoms with E-state index < -0.39 is 6.10 Å². The molecule has 7 heteroatoms. The molecule has 2 amide bonds. The van der Waals surface area contributed by atoms with Crippen LogP contribution >= 0.6 is 0 Å². The first-order valence-corrected chi connectivity index (χ1v) is 11.0. The van der Waals surface area contributed by atoms with Crippen molar-refractivity contribution >= 4 is 28.5 Å². The van der Waals surface area contributed by atoms with Crippen LogP contribution in [0.2, 0.25) is 0 Å². The molecule has 0 saturated heterocycles. The Bertz CT molecular complexity index is 1310. The van der Waals surface area contributed by atoms with E-state index in [-0.39, 0.29) is 18.4 Å². The van der Waals surface area contributed by atoms with E-state index in [1.165, 1.54) is 0 Å². The van der Waals surface area contributed by atoms with Gasteiger partial charge < -0.3 is 15.0 Å². The van der Waals surface area contributed by atoms with E-state index in [1.54, 1.807) is 29.4 Å². The van der Waals surface area contributed by atoms with Crippen LogP contribution < -0.4 is 15.0 Å². The third-order valence-corrected chi connectivity index (χ3v) is 5.71. The fraction of sp³-hybridized carbons (Fsp3) is 0.192. The maximum absolute atomic E-state index is 13.5. The molecule has 0 saturated carbocycles. The maximum Gasteiger partial charge on any atom is 0.262 e. The summed E-state index contributed by atoms with van der Waals surface area (Å²) in [4.78, 5) is 32.1. The molecule has 1 atom stereocenters. The van der Waals surface area contributed by atoms with E-state index in [1.807, 2.05) is 66.1 Å². The quantitative estimate of drug-likeness (QED) is 0.510. The number of hydrogen-bond acceptors (Lipinski definition) is 4. The van der Waals surface area contributed by atoms with Crippen molar-refractivity contribution in [1.82, 2.24) is 14.9 Å². The number of imidazole rings is 1. The highest BCUT2D eigenvalue weighted by atomic mass is 16.5. The first-order valence-electron chi connectivity index (χ1n) is 11.0. The Morgan fingerprint density at radius 2 is 1.79 bits per heavy atom. The van der Waals surface area contributed by atoms with E-state index in [2.05, 4.69) is 10.3 Å². The molecular weight excluding hydrogens is 416 g/mol. The Hall–Kier alpha value is -4.13. The number of ether oxygens (including phenoxy) is 1. The molecule has 0 unspecified atom stereocenters. The molecule has 1 aliphatic heterocycles. The third-order valence-electron chi connectivity index (χ3n) is 5.71. The number of carbonyl (C=O) groups is 2. The van der Waals surface area contributed by atoms with Crippen molar-refractivity contribution in [3.8, 4) is 11.4 Å². The van der Waals surface area contributed by atoms with E-state index >= 15 is 0 Å². The molecule has 33 heavy (non-hydrogen) atoms. The largest absolute Gasteiger partial charge is 0.477 e. The van der Waals surface area contributed by atoms with Gasteiger partial charge in [-0.15, -0.1) is 0 Å². The van der Waals surface area contributed by atoms with Gasteiger partial charge in [-0.3, -0.25) is 14.2 Å². The predicted octanol–water partition coefficient (Wildman–Crippen LogP) is 3.96. The van der Waals surface area contributed by atoms with Crippen molar-refractivity contribution in [1.29, 1.82) is 0 Å². The molecule has 2 heterocycles. The number of nitrogens with zero attached hydrogens (tertiary/aromatic N) is 3. The molecule has 1 aromatic heterocycles. The topological polar surface area (TPSA) is 76.5 Å². The predicted molar refractivity (Wildman–Crippen MR) is 127 cm³/mol. The molecule has 0 bridgehead atoms. The summed E-state index contributed by atoms with van der Waals surface area (Å²) in [5.74, 6) is 0.128. The van der Waals surface area contributed by atoms with Crippen molar-refractivity contribution < 1.29 is 14.3 Å². The Labute approximate surface area is 191 Å². The van der Waals surface area contributed by atoms with Crippen LogP contribution in [0.4, 0.5) is 5.69 Å². The fourth-order valence-electron chi connectivity index (χ4n) is 4.01. The second-order valence-corrected chi connectivity index (χ2v) is 7.93. The van der Waals surface area contributed by atoms with Gasteiger partial charge in [0.1, 0.15) is 12.1 Å². The summed E-state index contributed by atoms with van der Waals surface area (Å²) in [5, 5.41) is 2.86.